The second kappa shape index (κ2) is 5.72. The fourth-order valence-electron chi connectivity index (χ4n) is 1.57. The van der Waals surface area contributed by atoms with Crippen molar-refractivity contribution in [1.82, 2.24) is 0 Å². The Bertz CT molecular complexity index is 309. The van der Waals surface area contributed by atoms with Crippen LogP contribution in [0.4, 0.5) is 0 Å². The number of rotatable bonds is 5. The van der Waals surface area contributed by atoms with Gasteiger partial charge in [0.15, 0.2) is 0 Å². The highest BCUT2D eigenvalue weighted by Crippen LogP contribution is 2.10. The number of hydrogen-bond acceptors (Lipinski definition) is 1. The van der Waals surface area contributed by atoms with Crippen LogP contribution >= 0.6 is 0 Å². The van der Waals surface area contributed by atoms with Gasteiger partial charge >= 0.3 is 0 Å². The van der Waals surface area contributed by atoms with Gasteiger partial charge in [-0.15, -0.1) is 6.58 Å². The van der Waals surface area contributed by atoms with Crippen LogP contribution in [0.15, 0.2) is 36.4 Å². The molecule has 1 nitrogen and oxygen atoms in total. The molecule has 82 valence electrons. The molecule has 0 aliphatic carbocycles. The molecular weight excluding hydrogens is 182 g/mol. The smallest absolute Gasteiger partial charge is 0.00509 e. The molecule has 1 rings (SSSR count). The van der Waals surface area contributed by atoms with Gasteiger partial charge in [0.2, 0.25) is 0 Å². The Balaban J connectivity index is 2.52. The molecule has 0 bridgehead atoms. The second-order valence-electron chi connectivity index (χ2n) is 4.46. The molecular formula is C14H21N. The fourth-order valence-corrected chi connectivity index (χ4v) is 1.57. The molecule has 0 aliphatic heterocycles. The van der Waals surface area contributed by atoms with Crippen molar-refractivity contribution < 1.29 is 0 Å². The number of hydrogen-bond donors (Lipinski definition) is 1. The Morgan fingerprint density at radius 3 is 2.27 bits per heavy atom. The standard InChI is InChI=1S/C14H21N/c1-11(2)4-5-13-6-8-14(9-7-13)10-12(3)15/h6-9,12H,1,4-5,10,15H2,2-3H3. The summed E-state index contributed by atoms with van der Waals surface area (Å²) in [4.78, 5) is 0. The van der Waals surface area contributed by atoms with E-state index in [1.165, 1.54) is 16.7 Å². The van der Waals surface area contributed by atoms with Gasteiger partial charge in [0.25, 0.3) is 0 Å². The van der Waals surface area contributed by atoms with Gasteiger partial charge in [-0.1, -0.05) is 29.8 Å². The summed E-state index contributed by atoms with van der Waals surface area (Å²) < 4.78 is 0. The van der Waals surface area contributed by atoms with E-state index in [1.54, 1.807) is 0 Å². The molecule has 0 saturated heterocycles. The molecule has 0 amide bonds. The predicted octanol–water partition coefficient (Wildman–Crippen LogP) is 3.09. The van der Waals surface area contributed by atoms with Crippen molar-refractivity contribution in [2.45, 2.75) is 39.2 Å². The first-order valence-electron chi connectivity index (χ1n) is 5.55. The Morgan fingerprint density at radius 2 is 1.80 bits per heavy atom. The lowest BCUT2D eigenvalue weighted by Crippen LogP contribution is -2.17. The lowest BCUT2D eigenvalue weighted by atomic mass is 10.0. The van der Waals surface area contributed by atoms with Crippen LogP contribution < -0.4 is 5.73 Å². The van der Waals surface area contributed by atoms with E-state index >= 15 is 0 Å². The van der Waals surface area contributed by atoms with Gasteiger partial charge in [-0.25, -0.2) is 0 Å². The first-order chi connectivity index (χ1) is 7.08. The summed E-state index contributed by atoms with van der Waals surface area (Å²) in [5.74, 6) is 0. The SMILES string of the molecule is C=C(C)CCc1ccc(CC(C)N)cc1. The summed E-state index contributed by atoms with van der Waals surface area (Å²) in [6, 6.07) is 8.99. The molecule has 0 spiro atoms. The van der Waals surface area contributed by atoms with Crippen LogP contribution in [0, 0.1) is 0 Å². The molecule has 15 heavy (non-hydrogen) atoms. The average molecular weight is 203 g/mol. The Labute approximate surface area is 93.0 Å². The molecule has 1 atom stereocenters. The molecule has 1 unspecified atom stereocenters. The summed E-state index contributed by atoms with van der Waals surface area (Å²) >= 11 is 0. The van der Waals surface area contributed by atoms with E-state index in [9.17, 15) is 0 Å². The van der Waals surface area contributed by atoms with Gasteiger partial charge in [-0.2, -0.15) is 0 Å². The van der Waals surface area contributed by atoms with Crippen LogP contribution in [0.25, 0.3) is 0 Å². The fraction of sp³-hybridized carbons (Fsp3) is 0.429. The van der Waals surface area contributed by atoms with Crippen LogP contribution in [-0.2, 0) is 12.8 Å². The quantitative estimate of drug-likeness (QED) is 0.731. The minimum Gasteiger partial charge on any atom is -0.328 e. The predicted molar refractivity (Wildman–Crippen MR) is 66.9 cm³/mol. The minimum atomic E-state index is 0.242. The zero-order valence-electron chi connectivity index (χ0n) is 9.79. The third-order valence-electron chi connectivity index (χ3n) is 2.42. The maximum atomic E-state index is 5.75. The van der Waals surface area contributed by atoms with Gasteiger partial charge in [-0.3, -0.25) is 0 Å². The third kappa shape index (κ3) is 4.80. The lowest BCUT2D eigenvalue weighted by molar-refractivity contribution is 0.737. The number of nitrogens with two attached hydrogens (primary N) is 1. The van der Waals surface area contributed by atoms with Crippen molar-refractivity contribution in [1.29, 1.82) is 0 Å². The van der Waals surface area contributed by atoms with Crippen molar-refractivity contribution in [3.63, 3.8) is 0 Å². The number of benzene rings is 1. The number of aryl methyl sites for hydroxylation is 1. The van der Waals surface area contributed by atoms with Gasteiger partial charge in [0.1, 0.15) is 0 Å². The van der Waals surface area contributed by atoms with Crippen LogP contribution in [-0.4, -0.2) is 6.04 Å². The van der Waals surface area contributed by atoms with E-state index in [1.807, 2.05) is 6.92 Å². The van der Waals surface area contributed by atoms with E-state index in [-0.39, 0.29) is 6.04 Å². The van der Waals surface area contributed by atoms with Crippen molar-refractivity contribution in [3.8, 4) is 0 Å². The monoisotopic (exact) mass is 203 g/mol. The molecule has 0 heterocycles. The van der Waals surface area contributed by atoms with Gasteiger partial charge in [-0.05, 0) is 44.2 Å². The summed E-state index contributed by atoms with van der Waals surface area (Å²) in [5, 5.41) is 0. The van der Waals surface area contributed by atoms with Crippen molar-refractivity contribution in [2.75, 3.05) is 0 Å². The molecule has 0 aliphatic rings. The normalized spacial score (nSPS) is 12.5. The minimum absolute atomic E-state index is 0.242. The Morgan fingerprint density at radius 1 is 1.27 bits per heavy atom. The van der Waals surface area contributed by atoms with Crippen LogP contribution in [0.2, 0.25) is 0 Å². The topological polar surface area (TPSA) is 26.0 Å². The average Bonchev–Trinajstić information content (AvgIpc) is 2.16. The summed E-state index contributed by atoms with van der Waals surface area (Å²) in [7, 11) is 0. The third-order valence-corrected chi connectivity index (χ3v) is 2.42. The molecule has 0 radical (unpaired) electrons. The Hall–Kier alpha value is -1.08. The molecule has 1 heteroatoms. The van der Waals surface area contributed by atoms with E-state index in [2.05, 4.69) is 37.8 Å². The summed E-state index contributed by atoms with van der Waals surface area (Å²) in [5.41, 5.74) is 9.70. The maximum absolute atomic E-state index is 5.75. The lowest BCUT2D eigenvalue weighted by Gasteiger charge is -2.06. The van der Waals surface area contributed by atoms with Crippen molar-refractivity contribution in [3.05, 3.63) is 47.5 Å². The highest BCUT2D eigenvalue weighted by molar-refractivity contribution is 5.23. The molecule has 0 saturated carbocycles. The second-order valence-corrected chi connectivity index (χ2v) is 4.46. The maximum Gasteiger partial charge on any atom is 0.00509 e. The highest BCUT2D eigenvalue weighted by atomic mass is 14.6. The molecule has 1 aromatic carbocycles. The largest absolute Gasteiger partial charge is 0.328 e. The van der Waals surface area contributed by atoms with Crippen molar-refractivity contribution >= 4 is 0 Å². The van der Waals surface area contributed by atoms with Gasteiger partial charge in [0, 0.05) is 6.04 Å². The summed E-state index contributed by atoms with van der Waals surface area (Å²) in [6.45, 7) is 8.02. The van der Waals surface area contributed by atoms with Gasteiger partial charge in [0.05, 0.1) is 0 Å². The van der Waals surface area contributed by atoms with E-state index in [0.717, 1.165) is 19.3 Å². The molecule has 0 aromatic heterocycles. The van der Waals surface area contributed by atoms with E-state index in [4.69, 9.17) is 5.73 Å². The van der Waals surface area contributed by atoms with Crippen molar-refractivity contribution in [2.24, 2.45) is 5.73 Å². The zero-order valence-corrected chi connectivity index (χ0v) is 9.79. The van der Waals surface area contributed by atoms with Gasteiger partial charge < -0.3 is 5.73 Å². The van der Waals surface area contributed by atoms with E-state index < -0.39 is 0 Å². The zero-order chi connectivity index (χ0) is 11.3. The first kappa shape index (κ1) is 12.0. The first-order valence-corrected chi connectivity index (χ1v) is 5.55. The molecule has 1 aromatic rings. The Kier molecular flexibility index (Phi) is 4.57. The van der Waals surface area contributed by atoms with Crippen LogP contribution in [0.3, 0.4) is 0 Å². The van der Waals surface area contributed by atoms with Crippen LogP contribution in [0.1, 0.15) is 31.4 Å². The summed E-state index contributed by atoms with van der Waals surface area (Å²) in [6.07, 6.45) is 3.13. The van der Waals surface area contributed by atoms with E-state index in [0.29, 0.717) is 0 Å². The highest BCUT2D eigenvalue weighted by Gasteiger charge is 1.98. The number of allylic oxidation sites excluding steroid dienone is 1. The molecule has 2 N–H and O–H groups in total. The molecule has 0 fully saturated rings. The van der Waals surface area contributed by atoms with Crippen LogP contribution in [0.5, 0.6) is 0 Å².